The van der Waals surface area contributed by atoms with Gasteiger partial charge in [0.25, 0.3) is 5.91 Å². The molecule has 3 aromatic rings. The molecule has 4 rings (SSSR count). The van der Waals surface area contributed by atoms with Crippen molar-refractivity contribution in [3.8, 4) is 11.5 Å². The Morgan fingerprint density at radius 3 is 2.48 bits per heavy atom. The number of ether oxygens (including phenoxy) is 2. The van der Waals surface area contributed by atoms with Gasteiger partial charge in [-0.2, -0.15) is 0 Å². The summed E-state index contributed by atoms with van der Waals surface area (Å²) in [5.74, 6) is 0.901. The molecular formula is C21H19NO4S. The summed E-state index contributed by atoms with van der Waals surface area (Å²) in [7, 11) is 0. The largest absolute Gasteiger partial charge is 0.486 e. The van der Waals surface area contributed by atoms with Crippen LogP contribution in [0, 0.1) is 6.92 Å². The van der Waals surface area contributed by atoms with Crippen molar-refractivity contribution in [2.24, 2.45) is 0 Å². The lowest BCUT2D eigenvalue weighted by Gasteiger charge is -2.23. The summed E-state index contributed by atoms with van der Waals surface area (Å²) in [5, 5.41) is 15.7. The minimum absolute atomic E-state index is 0.223. The summed E-state index contributed by atoms with van der Waals surface area (Å²) in [4.78, 5) is 13.1. The zero-order chi connectivity index (χ0) is 18.8. The summed E-state index contributed by atoms with van der Waals surface area (Å²) in [6.07, 6.45) is -0.903. The lowest BCUT2D eigenvalue weighted by molar-refractivity contribution is 0.103. The molecule has 0 fully saturated rings. The number of hydrogen-bond donors (Lipinski definition) is 2. The topological polar surface area (TPSA) is 67.8 Å². The average Bonchev–Trinajstić information content (AvgIpc) is 3.22. The molecule has 1 aromatic heterocycles. The molecule has 0 bridgehead atoms. The molecule has 2 aromatic carbocycles. The number of aryl methyl sites for hydroxylation is 1. The lowest BCUT2D eigenvalue weighted by Crippen LogP contribution is -2.18. The first-order chi connectivity index (χ1) is 13.1. The van der Waals surface area contributed by atoms with Gasteiger partial charge in [-0.3, -0.25) is 4.79 Å². The number of fused-ring (bicyclic) bond motifs is 1. The maximum atomic E-state index is 12.5. The first-order valence-electron chi connectivity index (χ1n) is 8.65. The maximum absolute atomic E-state index is 12.5. The van der Waals surface area contributed by atoms with Crippen LogP contribution in [0.3, 0.4) is 0 Å². The van der Waals surface area contributed by atoms with Gasteiger partial charge in [-0.15, -0.1) is 11.3 Å². The van der Waals surface area contributed by atoms with Crippen molar-refractivity contribution in [3.05, 3.63) is 75.5 Å². The van der Waals surface area contributed by atoms with Crippen LogP contribution in [-0.4, -0.2) is 24.2 Å². The van der Waals surface area contributed by atoms with Gasteiger partial charge in [-0.05, 0) is 30.0 Å². The second kappa shape index (κ2) is 7.42. The molecule has 2 N–H and O–H groups in total. The van der Waals surface area contributed by atoms with E-state index in [1.165, 1.54) is 11.3 Å². The smallest absolute Gasteiger partial charge is 0.265 e. The molecule has 2 heterocycles. The van der Waals surface area contributed by atoms with Crippen molar-refractivity contribution >= 4 is 22.9 Å². The molecular weight excluding hydrogens is 362 g/mol. The van der Waals surface area contributed by atoms with Gasteiger partial charge in [0.15, 0.2) is 11.5 Å². The van der Waals surface area contributed by atoms with E-state index < -0.39 is 6.10 Å². The van der Waals surface area contributed by atoms with Gasteiger partial charge in [-0.1, -0.05) is 35.9 Å². The van der Waals surface area contributed by atoms with E-state index in [2.05, 4.69) is 5.32 Å². The molecule has 138 valence electrons. The van der Waals surface area contributed by atoms with Gasteiger partial charge in [0, 0.05) is 11.6 Å². The fourth-order valence-electron chi connectivity index (χ4n) is 2.96. The van der Waals surface area contributed by atoms with E-state index in [9.17, 15) is 9.90 Å². The van der Waals surface area contributed by atoms with Crippen molar-refractivity contribution in [1.82, 2.24) is 0 Å². The van der Waals surface area contributed by atoms with Crippen LogP contribution in [0.5, 0.6) is 11.5 Å². The highest BCUT2D eigenvalue weighted by Gasteiger charge is 2.22. The zero-order valence-corrected chi connectivity index (χ0v) is 15.6. The number of nitrogens with one attached hydrogen (secondary N) is 1. The minimum atomic E-state index is -0.903. The SMILES string of the molecule is Cc1ccc(C(O)c2cc3c(cc2NC(=O)c2cccs2)OCCO3)cc1. The van der Waals surface area contributed by atoms with E-state index in [1.807, 2.05) is 42.6 Å². The summed E-state index contributed by atoms with van der Waals surface area (Å²) in [5.41, 5.74) is 2.92. The summed E-state index contributed by atoms with van der Waals surface area (Å²) >= 11 is 1.36. The van der Waals surface area contributed by atoms with E-state index in [1.54, 1.807) is 18.2 Å². The van der Waals surface area contributed by atoms with Crippen LogP contribution in [0.4, 0.5) is 5.69 Å². The fraction of sp³-hybridized carbons (Fsp3) is 0.190. The first kappa shape index (κ1) is 17.6. The molecule has 1 aliphatic rings. The Kier molecular flexibility index (Phi) is 4.83. The van der Waals surface area contributed by atoms with Crippen molar-refractivity contribution in [2.75, 3.05) is 18.5 Å². The molecule has 1 unspecified atom stereocenters. The third-order valence-electron chi connectivity index (χ3n) is 4.40. The Hall–Kier alpha value is -2.83. The molecule has 0 aliphatic carbocycles. The molecule has 0 spiro atoms. The van der Waals surface area contributed by atoms with Crippen molar-refractivity contribution in [3.63, 3.8) is 0 Å². The van der Waals surface area contributed by atoms with Gasteiger partial charge >= 0.3 is 0 Å². The van der Waals surface area contributed by atoms with E-state index in [0.717, 1.165) is 11.1 Å². The number of rotatable bonds is 4. The summed E-state index contributed by atoms with van der Waals surface area (Å²) in [6, 6.07) is 14.7. The Bertz CT molecular complexity index is 951. The molecule has 5 nitrogen and oxygen atoms in total. The fourth-order valence-corrected chi connectivity index (χ4v) is 3.58. The highest BCUT2D eigenvalue weighted by Crippen LogP contribution is 2.40. The number of benzene rings is 2. The number of carbonyl (C=O) groups is 1. The van der Waals surface area contributed by atoms with E-state index >= 15 is 0 Å². The third-order valence-corrected chi connectivity index (χ3v) is 5.26. The normalized spacial score (nSPS) is 13.9. The Morgan fingerprint density at radius 2 is 1.81 bits per heavy atom. The molecule has 1 aliphatic heterocycles. The van der Waals surface area contributed by atoms with E-state index in [0.29, 0.717) is 40.8 Å². The molecule has 0 saturated heterocycles. The summed E-state index contributed by atoms with van der Waals surface area (Å²) in [6.45, 7) is 2.89. The van der Waals surface area contributed by atoms with Gasteiger partial charge in [-0.25, -0.2) is 0 Å². The molecule has 27 heavy (non-hydrogen) atoms. The van der Waals surface area contributed by atoms with Crippen molar-refractivity contribution < 1.29 is 19.4 Å². The Balaban J connectivity index is 1.73. The first-order valence-corrected chi connectivity index (χ1v) is 9.53. The molecule has 6 heteroatoms. The number of anilines is 1. The Morgan fingerprint density at radius 1 is 1.11 bits per heavy atom. The molecule has 0 saturated carbocycles. The van der Waals surface area contributed by atoms with E-state index in [4.69, 9.17) is 9.47 Å². The van der Waals surface area contributed by atoms with Gasteiger partial charge < -0.3 is 19.9 Å². The quantitative estimate of drug-likeness (QED) is 0.712. The second-order valence-corrected chi connectivity index (χ2v) is 7.28. The maximum Gasteiger partial charge on any atom is 0.265 e. The zero-order valence-electron chi connectivity index (χ0n) is 14.8. The number of hydrogen-bond acceptors (Lipinski definition) is 5. The van der Waals surface area contributed by atoms with Crippen molar-refractivity contribution in [2.45, 2.75) is 13.0 Å². The van der Waals surface area contributed by atoms with Gasteiger partial charge in [0.05, 0.1) is 10.6 Å². The average molecular weight is 381 g/mol. The van der Waals surface area contributed by atoms with Crippen LogP contribution in [0.25, 0.3) is 0 Å². The van der Waals surface area contributed by atoms with Gasteiger partial charge in [0.1, 0.15) is 19.3 Å². The third kappa shape index (κ3) is 3.67. The minimum Gasteiger partial charge on any atom is -0.486 e. The van der Waals surface area contributed by atoms with Crippen LogP contribution in [0.15, 0.2) is 53.9 Å². The second-order valence-electron chi connectivity index (χ2n) is 6.33. The standard InChI is InChI=1S/C21H19NO4S/c1-13-4-6-14(7-5-13)20(23)15-11-17-18(26-9-8-25-17)12-16(15)22-21(24)19-3-2-10-27-19/h2-7,10-12,20,23H,8-9H2,1H3,(H,22,24). The number of aliphatic hydroxyl groups is 1. The molecule has 1 amide bonds. The van der Waals surface area contributed by atoms with Gasteiger partial charge in [0.2, 0.25) is 0 Å². The highest BCUT2D eigenvalue weighted by molar-refractivity contribution is 7.12. The monoisotopic (exact) mass is 381 g/mol. The molecule has 1 atom stereocenters. The lowest BCUT2D eigenvalue weighted by atomic mass is 9.98. The van der Waals surface area contributed by atoms with Crippen molar-refractivity contribution in [1.29, 1.82) is 0 Å². The van der Waals surface area contributed by atoms with E-state index in [-0.39, 0.29) is 5.91 Å². The number of aliphatic hydroxyl groups excluding tert-OH is 1. The predicted octanol–water partition coefficient (Wildman–Crippen LogP) is 4.16. The highest BCUT2D eigenvalue weighted by atomic mass is 32.1. The van der Waals surface area contributed by atoms with Crippen LogP contribution in [-0.2, 0) is 0 Å². The van der Waals surface area contributed by atoms with Crippen LogP contribution in [0.2, 0.25) is 0 Å². The van der Waals surface area contributed by atoms with Crippen LogP contribution < -0.4 is 14.8 Å². The molecule has 0 radical (unpaired) electrons. The number of amides is 1. The van der Waals surface area contributed by atoms with Crippen LogP contribution >= 0.6 is 11.3 Å². The predicted molar refractivity (Wildman–Crippen MR) is 105 cm³/mol. The number of thiophene rings is 1. The number of carbonyl (C=O) groups excluding carboxylic acids is 1. The van der Waals surface area contributed by atoms with Crippen LogP contribution in [0.1, 0.15) is 32.5 Å². The Labute approximate surface area is 161 Å². The summed E-state index contributed by atoms with van der Waals surface area (Å²) < 4.78 is 11.3.